The lowest BCUT2D eigenvalue weighted by atomic mass is 9.50. The Morgan fingerprint density at radius 1 is 1.08 bits per heavy atom. The normalized spacial score (nSPS) is 35.7. The van der Waals surface area contributed by atoms with Crippen molar-refractivity contribution >= 4 is 0 Å². The van der Waals surface area contributed by atoms with Gasteiger partial charge >= 0.3 is 0 Å². The minimum atomic E-state index is -0.430. The number of hydrogen-bond acceptors (Lipinski definition) is 3. The molecule has 3 nitrogen and oxygen atoms in total. The van der Waals surface area contributed by atoms with Crippen molar-refractivity contribution in [3.05, 3.63) is 35.9 Å². The maximum absolute atomic E-state index is 10.3. The van der Waals surface area contributed by atoms with E-state index in [1.807, 2.05) is 6.07 Å². The monoisotopic (exact) mass is 343 g/mol. The highest BCUT2D eigenvalue weighted by Crippen LogP contribution is 2.60. The maximum atomic E-state index is 10.3. The largest absolute Gasteiger partial charge is 0.389 e. The number of benzene rings is 1. The summed E-state index contributed by atoms with van der Waals surface area (Å²) in [7, 11) is 0. The Morgan fingerprint density at radius 3 is 2.28 bits per heavy atom. The van der Waals surface area contributed by atoms with E-state index in [9.17, 15) is 5.11 Å². The highest BCUT2D eigenvalue weighted by atomic mass is 16.5. The summed E-state index contributed by atoms with van der Waals surface area (Å²) >= 11 is 0. The van der Waals surface area contributed by atoms with Crippen molar-refractivity contribution in [2.75, 3.05) is 19.8 Å². The van der Waals surface area contributed by atoms with Gasteiger partial charge in [-0.15, -0.1) is 0 Å². The first-order valence-corrected chi connectivity index (χ1v) is 10.2. The van der Waals surface area contributed by atoms with Gasteiger partial charge in [-0.25, -0.2) is 0 Å². The maximum Gasteiger partial charge on any atom is 0.0897 e. The van der Waals surface area contributed by atoms with Gasteiger partial charge in [-0.05, 0) is 74.2 Å². The minimum absolute atomic E-state index is 0.249. The molecule has 0 saturated heterocycles. The number of ether oxygens (including phenoxy) is 1. The third-order valence-electron chi connectivity index (χ3n) is 6.84. The Kier molecular flexibility index (Phi) is 5.17. The van der Waals surface area contributed by atoms with Crippen LogP contribution in [0.1, 0.15) is 57.1 Å². The van der Waals surface area contributed by atoms with Crippen LogP contribution in [0.4, 0.5) is 0 Å². The van der Waals surface area contributed by atoms with Gasteiger partial charge in [0.25, 0.3) is 0 Å². The van der Waals surface area contributed by atoms with E-state index in [-0.39, 0.29) is 6.04 Å². The summed E-state index contributed by atoms with van der Waals surface area (Å²) in [5.41, 5.74) is 1.70. The fourth-order valence-corrected chi connectivity index (χ4v) is 6.11. The number of rotatable bonds is 8. The zero-order chi connectivity index (χ0) is 17.3. The Bertz CT molecular complexity index is 523. The van der Waals surface area contributed by atoms with E-state index >= 15 is 0 Å². The van der Waals surface area contributed by atoms with Crippen molar-refractivity contribution in [2.24, 2.45) is 23.2 Å². The van der Waals surface area contributed by atoms with Crippen LogP contribution in [0.15, 0.2) is 30.3 Å². The average Bonchev–Trinajstić information content (AvgIpc) is 2.59. The van der Waals surface area contributed by atoms with E-state index in [2.05, 4.69) is 36.5 Å². The topological polar surface area (TPSA) is 41.5 Å². The van der Waals surface area contributed by atoms with E-state index in [1.165, 1.54) is 44.1 Å². The van der Waals surface area contributed by atoms with Crippen LogP contribution in [0, 0.1) is 23.2 Å². The molecule has 0 unspecified atom stereocenters. The van der Waals surface area contributed by atoms with Gasteiger partial charge < -0.3 is 15.2 Å². The molecule has 4 bridgehead atoms. The molecule has 4 aliphatic carbocycles. The molecule has 0 amide bonds. The highest BCUT2D eigenvalue weighted by molar-refractivity contribution is 5.18. The fourth-order valence-electron chi connectivity index (χ4n) is 6.11. The van der Waals surface area contributed by atoms with Crippen LogP contribution in [0.5, 0.6) is 0 Å². The first kappa shape index (κ1) is 17.5. The summed E-state index contributed by atoms with van der Waals surface area (Å²) in [5.74, 6) is 2.90. The fraction of sp³-hybridized carbons (Fsp3) is 0.727. The van der Waals surface area contributed by atoms with Gasteiger partial charge in [0.15, 0.2) is 0 Å². The Balaban J connectivity index is 1.19. The van der Waals surface area contributed by atoms with Gasteiger partial charge in [-0.1, -0.05) is 30.3 Å². The SMILES string of the molecule is C[C@H](NC[C@H](O)COCC12CC3CC(CC(C3)C1)C2)c1ccccc1. The molecule has 0 heterocycles. The lowest BCUT2D eigenvalue weighted by Gasteiger charge is -2.56. The van der Waals surface area contributed by atoms with Gasteiger partial charge in [-0.2, -0.15) is 0 Å². The first-order valence-electron chi connectivity index (χ1n) is 10.2. The summed E-state index contributed by atoms with van der Waals surface area (Å²) in [6.07, 6.45) is 8.12. The van der Waals surface area contributed by atoms with E-state index in [1.54, 1.807) is 0 Å². The summed E-state index contributed by atoms with van der Waals surface area (Å²) in [5, 5.41) is 13.7. The molecule has 138 valence electrons. The second kappa shape index (κ2) is 7.38. The van der Waals surface area contributed by atoms with Gasteiger partial charge in [0, 0.05) is 12.6 Å². The van der Waals surface area contributed by atoms with Crippen molar-refractivity contribution in [1.29, 1.82) is 0 Å². The van der Waals surface area contributed by atoms with Crippen LogP contribution in [0.25, 0.3) is 0 Å². The molecule has 0 spiro atoms. The van der Waals surface area contributed by atoms with E-state index in [0.29, 0.717) is 18.6 Å². The second-order valence-electron chi connectivity index (χ2n) is 9.13. The predicted octanol–water partition coefficient (Wildman–Crippen LogP) is 3.93. The first-order chi connectivity index (χ1) is 12.1. The lowest BCUT2D eigenvalue weighted by Crippen LogP contribution is -2.48. The summed E-state index contributed by atoms with van der Waals surface area (Å²) < 4.78 is 6.03. The number of aliphatic hydroxyl groups is 1. The minimum Gasteiger partial charge on any atom is -0.389 e. The van der Waals surface area contributed by atoms with Crippen LogP contribution in [0.2, 0.25) is 0 Å². The zero-order valence-electron chi connectivity index (χ0n) is 15.5. The second-order valence-corrected chi connectivity index (χ2v) is 9.13. The summed E-state index contributed by atoms with van der Waals surface area (Å²) in [4.78, 5) is 0. The molecule has 0 aromatic heterocycles. The van der Waals surface area contributed by atoms with Crippen molar-refractivity contribution in [2.45, 2.75) is 57.6 Å². The van der Waals surface area contributed by atoms with E-state index in [4.69, 9.17) is 4.74 Å². The molecule has 3 heteroatoms. The van der Waals surface area contributed by atoms with Crippen molar-refractivity contribution in [3.63, 3.8) is 0 Å². The van der Waals surface area contributed by atoms with Crippen LogP contribution >= 0.6 is 0 Å². The molecule has 4 aliphatic rings. The van der Waals surface area contributed by atoms with Crippen LogP contribution < -0.4 is 5.32 Å². The lowest BCUT2D eigenvalue weighted by molar-refractivity contribution is -0.105. The molecular formula is C22H33NO2. The van der Waals surface area contributed by atoms with Crippen LogP contribution in [-0.4, -0.2) is 31.0 Å². The van der Waals surface area contributed by atoms with Crippen molar-refractivity contribution < 1.29 is 9.84 Å². The smallest absolute Gasteiger partial charge is 0.0897 e. The highest BCUT2D eigenvalue weighted by Gasteiger charge is 2.50. The zero-order valence-corrected chi connectivity index (χ0v) is 15.5. The molecule has 2 atom stereocenters. The standard InChI is InChI=1S/C22H33NO2/c1-16(20-5-3-2-4-6-20)23-13-21(24)14-25-15-22-10-17-7-18(11-22)9-19(8-17)12-22/h2-6,16-19,21,23-24H,7-15H2,1H3/t16-,17?,18?,19?,21-,22?/m0/s1. The van der Waals surface area contributed by atoms with Gasteiger partial charge in [0.1, 0.15) is 0 Å². The molecule has 0 aliphatic heterocycles. The van der Waals surface area contributed by atoms with Crippen molar-refractivity contribution in [1.82, 2.24) is 5.32 Å². The summed E-state index contributed by atoms with van der Waals surface area (Å²) in [6, 6.07) is 10.6. The molecule has 0 radical (unpaired) electrons. The molecule has 1 aromatic rings. The van der Waals surface area contributed by atoms with E-state index < -0.39 is 6.10 Å². The van der Waals surface area contributed by atoms with Gasteiger partial charge in [-0.3, -0.25) is 0 Å². The molecule has 2 N–H and O–H groups in total. The third kappa shape index (κ3) is 4.10. The Labute approximate surface area is 152 Å². The molecule has 5 rings (SSSR count). The molecule has 4 saturated carbocycles. The van der Waals surface area contributed by atoms with Crippen LogP contribution in [0.3, 0.4) is 0 Å². The Hall–Kier alpha value is -0.900. The van der Waals surface area contributed by atoms with Gasteiger partial charge in [0.05, 0.1) is 19.3 Å². The van der Waals surface area contributed by atoms with Crippen LogP contribution in [-0.2, 0) is 4.74 Å². The number of aliphatic hydroxyl groups excluding tert-OH is 1. The molecule has 1 aromatic carbocycles. The van der Waals surface area contributed by atoms with Crippen molar-refractivity contribution in [3.8, 4) is 0 Å². The third-order valence-corrected chi connectivity index (χ3v) is 6.84. The number of nitrogens with one attached hydrogen (secondary N) is 1. The van der Waals surface area contributed by atoms with Gasteiger partial charge in [0.2, 0.25) is 0 Å². The predicted molar refractivity (Wildman–Crippen MR) is 100 cm³/mol. The quantitative estimate of drug-likeness (QED) is 0.751. The molecule has 25 heavy (non-hydrogen) atoms. The van der Waals surface area contributed by atoms with E-state index in [0.717, 1.165) is 24.4 Å². The number of hydrogen-bond donors (Lipinski definition) is 2. The molecular weight excluding hydrogens is 310 g/mol. The molecule has 4 fully saturated rings. The summed E-state index contributed by atoms with van der Waals surface area (Å²) in [6.45, 7) is 4.04. The average molecular weight is 344 g/mol. The Morgan fingerprint density at radius 2 is 1.68 bits per heavy atom.